The molecule has 4 aliphatic carbocycles. The lowest BCUT2D eigenvalue weighted by molar-refractivity contribution is -0.151. The number of aliphatic hydroxyl groups excluding tert-OH is 2. The van der Waals surface area contributed by atoms with Crippen molar-refractivity contribution in [1.82, 2.24) is 0 Å². The molecule has 0 aromatic carbocycles. The van der Waals surface area contributed by atoms with E-state index >= 15 is 0 Å². The third-order valence-corrected chi connectivity index (χ3v) is 10.5. The van der Waals surface area contributed by atoms with Crippen molar-refractivity contribution in [1.29, 1.82) is 0 Å². The Labute approximate surface area is 184 Å². The standard InChI is InChI=1S/C27H46O3/c1-17(2)6-11-24(29)27(5,30)23-10-9-21-20-8-7-18-16-19(28)12-14-25(18,3)22(20)13-15-26(21,23)4/h7,17,19-24,28-30H,6,8-16H2,1-5H3/t19?,20?,21?,22?,23-,24+,25?,26?,27+/m0/s1. The van der Waals surface area contributed by atoms with Gasteiger partial charge in [0.2, 0.25) is 0 Å². The molecule has 6 unspecified atom stereocenters. The molecule has 0 bridgehead atoms. The van der Waals surface area contributed by atoms with Crippen molar-refractivity contribution >= 4 is 0 Å². The Morgan fingerprint density at radius 1 is 1.07 bits per heavy atom. The molecular weight excluding hydrogens is 372 g/mol. The minimum absolute atomic E-state index is 0.124. The van der Waals surface area contributed by atoms with E-state index in [2.05, 4.69) is 33.8 Å². The first-order valence-electron chi connectivity index (χ1n) is 12.8. The summed E-state index contributed by atoms with van der Waals surface area (Å²) in [6.45, 7) is 11.2. The number of hydrogen-bond donors (Lipinski definition) is 3. The number of fused-ring (bicyclic) bond motifs is 5. The molecule has 3 fully saturated rings. The highest BCUT2D eigenvalue weighted by atomic mass is 16.3. The molecule has 3 saturated carbocycles. The van der Waals surface area contributed by atoms with E-state index < -0.39 is 11.7 Å². The topological polar surface area (TPSA) is 60.7 Å². The van der Waals surface area contributed by atoms with Crippen LogP contribution < -0.4 is 0 Å². The molecule has 3 heteroatoms. The average Bonchev–Trinajstić information content (AvgIpc) is 3.04. The average molecular weight is 419 g/mol. The Hall–Kier alpha value is -0.380. The first kappa shape index (κ1) is 22.8. The van der Waals surface area contributed by atoms with E-state index in [0.717, 1.165) is 44.4 Å². The second-order valence-electron chi connectivity index (χ2n) is 12.5. The molecule has 0 saturated heterocycles. The second kappa shape index (κ2) is 7.89. The number of hydrogen-bond acceptors (Lipinski definition) is 3. The lowest BCUT2D eigenvalue weighted by atomic mass is 9.46. The monoisotopic (exact) mass is 418 g/mol. The summed E-state index contributed by atoms with van der Waals surface area (Å²) in [5, 5.41) is 32.7. The fourth-order valence-corrected chi connectivity index (χ4v) is 8.62. The van der Waals surface area contributed by atoms with Gasteiger partial charge in [0, 0.05) is 0 Å². The predicted molar refractivity (Wildman–Crippen MR) is 122 cm³/mol. The van der Waals surface area contributed by atoms with Crippen LogP contribution in [0.5, 0.6) is 0 Å². The van der Waals surface area contributed by atoms with Crippen LogP contribution >= 0.6 is 0 Å². The molecule has 4 rings (SSSR count). The number of allylic oxidation sites excluding steroid dienone is 1. The van der Waals surface area contributed by atoms with Gasteiger partial charge in [-0.2, -0.15) is 0 Å². The molecule has 4 aliphatic rings. The Morgan fingerprint density at radius 3 is 2.50 bits per heavy atom. The quantitative estimate of drug-likeness (QED) is 0.519. The van der Waals surface area contributed by atoms with Crippen LogP contribution in [0, 0.1) is 40.4 Å². The van der Waals surface area contributed by atoms with Crippen LogP contribution in [0.15, 0.2) is 11.6 Å². The maximum atomic E-state index is 11.6. The van der Waals surface area contributed by atoms with Gasteiger partial charge in [0.25, 0.3) is 0 Å². The minimum Gasteiger partial charge on any atom is -0.393 e. The summed E-state index contributed by atoms with van der Waals surface area (Å²) in [5.74, 6) is 2.80. The molecule has 0 aliphatic heterocycles. The molecule has 9 atom stereocenters. The van der Waals surface area contributed by atoms with Crippen LogP contribution in [0.1, 0.15) is 98.8 Å². The van der Waals surface area contributed by atoms with Crippen LogP contribution in [-0.4, -0.2) is 33.1 Å². The van der Waals surface area contributed by atoms with Gasteiger partial charge < -0.3 is 15.3 Å². The van der Waals surface area contributed by atoms with Crippen molar-refractivity contribution in [3.63, 3.8) is 0 Å². The Morgan fingerprint density at radius 2 is 1.80 bits per heavy atom. The highest BCUT2D eigenvalue weighted by Gasteiger charge is 2.62. The number of aliphatic hydroxyl groups is 3. The van der Waals surface area contributed by atoms with Gasteiger partial charge in [-0.25, -0.2) is 0 Å². The van der Waals surface area contributed by atoms with Crippen LogP contribution in [0.3, 0.4) is 0 Å². The number of rotatable bonds is 5. The molecule has 30 heavy (non-hydrogen) atoms. The first-order chi connectivity index (χ1) is 14.0. The Bertz CT molecular complexity index is 667. The van der Waals surface area contributed by atoms with Crippen LogP contribution in [0.2, 0.25) is 0 Å². The van der Waals surface area contributed by atoms with Crippen LogP contribution in [0.4, 0.5) is 0 Å². The molecule has 0 aromatic heterocycles. The highest BCUT2D eigenvalue weighted by molar-refractivity contribution is 5.25. The van der Waals surface area contributed by atoms with Crippen molar-refractivity contribution in [2.24, 2.45) is 40.4 Å². The van der Waals surface area contributed by atoms with E-state index in [0.29, 0.717) is 24.2 Å². The molecular formula is C27H46O3. The van der Waals surface area contributed by atoms with Gasteiger partial charge in [-0.15, -0.1) is 0 Å². The SMILES string of the molecule is CC(C)CC[C@@H](O)[C@](C)(O)[C@H]1CCC2C3CC=C4CC(O)CCC4(C)C3CCC21C. The molecule has 172 valence electrons. The van der Waals surface area contributed by atoms with Crippen molar-refractivity contribution in [2.75, 3.05) is 0 Å². The summed E-state index contributed by atoms with van der Waals surface area (Å²) in [6.07, 6.45) is 12.1. The summed E-state index contributed by atoms with van der Waals surface area (Å²) >= 11 is 0. The van der Waals surface area contributed by atoms with Crippen LogP contribution in [0.25, 0.3) is 0 Å². The molecule has 3 N–H and O–H groups in total. The van der Waals surface area contributed by atoms with E-state index in [1.165, 1.54) is 24.8 Å². The predicted octanol–water partition coefficient (Wildman–Crippen LogP) is 5.47. The summed E-state index contributed by atoms with van der Waals surface area (Å²) < 4.78 is 0. The van der Waals surface area contributed by atoms with E-state index in [9.17, 15) is 15.3 Å². The maximum absolute atomic E-state index is 11.6. The fraction of sp³-hybridized carbons (Fsp3) is 0.926. The third-order valence-electron chi connectivity index (χ3n) is 10.5. The van der Waals surface area contributed by atoms with Gasteiger partial charge in [0.05, 0.1) is 17.8 Å². The lowest BCUT2D eigenvalue weighted by Gasteiger charge is -2.59. The Kier molecular flexibility index (Phi) is 5.99. The maximum Gasteiger partial charge on any atom is 0.0910 e. The van der Waals surface area contributed by atoms with Gasteiger partial charge in [0.15, 0.2) is 0 Å². The van der Waals surface area contributed by atoms with Gasteiger partial charge in [-0.05, 0) is 112 Å². The van der Waals surface area contributed by atoms with E-state index in [1.807, 2.05) is 6.92 Å². The first-order valence-corrected chi connectivity index (χ1v) is 12.8. The van der Waals surface area contributed by atoms with E-state index in [-0.39, 0.29) is 22.9 Å². The summed E-state index contributed by atoms with van der Waals surface area (Å²) in [6, 6.07) is 0. The fourth-order valence-electron chi connectivity index (χ4n) is 8.62. The van der Waals surface area contributed by atoms with Gasteiger partial charge in [0.1, 0.15) is 0 Å². The summed E-state index contributed by atoms with van der Waals surface area (Å²) in [5.41, 5.74) is 0.914. The third kappa shape index (κ3) is 3.52. The van der Waals surface area contributed by atoms with Crippen molar-refractivity contribution in [3.8, 4) is 0 Å². The molecule has 0 heterocycles. The zero-order valence-corrected chi connectivity index (χ0v) is 20.0. The van der Waals surface area contributed by atoms with Gasteiger partial charge in [-0.1, -0.05) is 39.3 Å². The zero-order chi connectivity index (χ0) is 21.9. The lowest BCUT2D eigenvalue weighted by Crippen LogP contribution is -2.55. The normalized spacial score (nSPS) is 46.4. The Balaban J connectivity index is 1.55. The van der Waals surface area contributed by atoms with E-state index in [4.69, 9.17) is 0 Å². The highest BCUT2D eigenvalue weighted by Crippen LogP contribution is 2.67. The van der Waals surface area contributed by atoms with Crippen molar-refractivity contribution < 1.29 is 15.3 Å². The molecule has 0 spiro atoms. The smallest absolute Gasteiger partial charge is 0.0910 e. The minimum atomic E-state index is -1.00. The van der Waals surface area contributed by atoms with Gasteiger partial charge >= 0.3 is 0 Å². The summed E-state index contributed by atoms with van der Waals surface area (Å²) in [4.78, 5) is 0. The van der Waals surface area contributed by atoms with Crippen LogP contribution in [-0.2, 0) is 0 Å². The van der Waals surface area contributed by atoms with Gasteiger partial charge in [-0.3, -0.25) is 0 Å². The second-order valence-corrected chi connectivity index (χ2v) is 12.5. The van der Waals surface area contributed by atoms with Crippen molar-refractivity contribution in [3.05, 3.63) is 11.6 Å². The summed E-state index contributed by atoms with van der Waals surface area (Å²) in [7, 11) is 0. The molecule has 0 radical (unpaired) electrons. The zero-order valence-electron chi connectivity index (χ0n) is 20.0. The largest absolute Gasteiger partial charge is 0.393 e. The molecule has 0 aromatic rings. The van der Waals surface area contributed by atoms with E-state index in [1.54, 1.807) is 0 Å². The molecule has 3 nitrogen and oxygen atoms in total. The van der Waals surface area contributed by atoms with Crippen molar-refractivity contribution in [2.45, 2.75) is 117 Å². The molecule has 0 amide bonds.